The van der Waals surface area contributed by atoms with Gasteiger partial charge in [0.15, 0.2) is 16.4 Å². The number of hydrogen-bond acceptors (Lipinski definition) is 9. The lowest BCUT2D eigenvalue weighted by Crippen LogP contribution is -2.64. The number of alkyl halides is 14. The Labute approximate surface area is 449 Å². The molecule has 0 heterocycles. The minimum atomic E-state index is -8.81. The molecule has 8 bridgehead atoms. The molecule has 0 amide bonds. The van der Waals surface area contributed by atoms with E-state index in [9.17, 15) is 65.5 Å². The summed E-state index contributed by atoms with van der Waals surface area (Å²) in [7, 11) is -19.1. The standard InChI is InChI=1S/C52H55F14NO9S3/c1-28-36-20-32-18-33(21-36)25-45(28,24-32)43(73-30(3)67(78(69,70)51(63,64)47(53,54)49(57,58)59)79(71,72)52(65,66)48(55,56)50(60,61)62)75-39-14-8-10-16-41(39)77(38-12-6-5-7-13-38)42-17-11-9-15-40(42)76-44(74-31(4)68)46-26-34-19-35(27-46)23-37(22-34)29(46)2/h5-17,28-29,32-37,43-44H,18-27H2,1-4H3/q+2. The zero-order valence-corrected chi connectivity index (χ0v) is 44.9. The topological polar surface area (TPSA) is 125 Å². The number of nitrogens with zero attached hydrogens (tertiary/aromatic N) is 1. The molecule has 8 fully saturated rings. The molecule has 10 nitrogen and oxygen atoms in total. The summed E-state index contributed by atoms with van der Waals surface area (Å²) in [4.78, 5) is 14.1. The Hall–Kier alpha value is -4.53. The van der Waals surface area contributed by atoms with Gasteiger partial charge in [-0.1, -0.05) is 56.3 Å². The Balaban J connectivity index is 1.22. The zero-order chi connectivity index (χ0) is 58.1. The van der Waals surface area contributed by atoms with E-state index in [1.807, 2.05) is 0 Å². The van der Waals surface area contributed by atoms with Gasteiger partial charge in [0, 0.05) is 21.1 Å². The van der Waals surface area contributed by atoms with Crippen molar-refractivity contribution < 1.29 is 105 Å². The van der Waals surface area contributed by atoms with Crippen LogP contribution >= 0.6 is 0 Å². The Morgan fingerprint density at radius 2 is 0.873 bits per heavy atom. The summed E-state index contributed by atoms with van der Waals surface area (Å²) in [5.41, 5.74) is -2.21. The van der Waals surface area contributed by atoms with Crippen LogP contribution in [0.3, 0.4) is 0 Å². The monoisotopic (exact) mass is 1200 g/mol. The highest BCUT2D eigenvalue weighted by atomic mass is 32.3. The number of rotatable bonds is 17. The maximum Gasteiger partial charge on any atom is 0.478 e. The predicted octanol–water partition coefficient (Wildman–Crippen LogP) is 13.4. The molecule has 0 N–H and O–H groups in total. The number of ether oxygens (including phenoxy) is 4. The number of carbonyl (C=O) groups is 1. The molecule has 3 aromatic rings. The molecule has 79 heavy (non-hydrogen) atoms. The molecule has 9 atom stereocenters. The molecule has 11 rings (SSSR count). The van der Waals surface area contributed by atoms with Crippen LogP contribution in [-0.2, 0) is 45.2 Å². The van der Waals surface area contributed by atoms with Crippen molar-refractivity contribution >= 4 is 42.8 Å². The summed E-state index contributed by atoms with van der Waals surface area (Å²) in [5.74, 6) is -19.5. The number of carbonyl (C=O) groups excluding carboxylic acids is 1. The van der Waals surface area contributed by atoms with Gasteiger partial charge in [-0.3, -0.25) is 4.79 Å². The van der Waals surface area contributed by atoms with Crippen molar-refractivity contribution in [3.8, 4) is 11.5 Å². The second kappa shape index (κ2) is 19.8. The van der Waals surface area contributed by atoms with Crippen molar-refractivity contribution in [2.75, 3.05) is 0 Å². The van der Waals surface area contributed by atoms with E-state index in [-0.39, 0.29) is 59.8 Å². The highest BCUT2D eigenvalue weighted by Crippen LogP contribution is 2.67. The number of para-hydroxylation sites is 2. The lowest BCUT2D eigenvalue weighted by Gasteiger charge is -2.61. The molecule has 27 heteroatoms. The van der Waals surface area contributed by atoms with Crippen molar-refractivity contribution in [2.24, 2.45) is 58.2 Å². The van der Waals surface area contributed by atoms with E-state index < -0.39 is 110 Å². The summed E-state index contributed by atoms with van der Waals surface area (Å²) in [6, 6.07) is 20.8. The number of hydrogen-bond donors (Lipinski definition) is 0. The minimum absolute atomic E-state index is 0.0211. The van der Waals surface area contributed by atoms with Gasteiger partial charge in [0.25, 0.3) is 6.29 Å². The first kappa shape index (κ1) is 59.1. The van der Waals surface area contributed by atoms with Gasteiger partial charge < -0.3 is 18.9 Å². The third-order valence-corrected chi connectivity index (χ3v) is 24.3. The molecule has 436 valence electrons. The SMILES string of the molecule is CC(=O)OC(Oc1ccccc1[S+](c1ccccc1)c1ccccc1OC(OC(C)=[N+](S(=O)(=O)C(F)(F)C(F)(F)C(F)(F)F)S(=O)(=O)C(F)(F)C(F)(F)C(F)(F)F)C12CC3CC(CC(C3)C1C)C2)C12CC3CC(CC(C3)C1C)C2. The molecule has 0 aliphatic heterocycles. The van der Waals surface area contributed by atoms with E-state index in [4.69, 9.17) is 18.9 Å². The van der Waals surface area contributed by atoms with Crippen molar-refractivity contribution in [1.82, 2.24) is 0 Å². The first-order valence-electron chi connectivity index (χ1n) is 25.4. The molecule has 8 aliphatic rings. The Kier molecular flexibility index (Phi) is 14.8. The van der Waals surface area contributed by atoms with Crippen molar-refractivity contribution in [1.29, 1.82) is 0 Å². The lowest BCUT2D eigenvalue weighted by atomic mass is 9.45. The normalized spacial score (nSPS) is 30.1. The summed E-state index contributed by atoms with van der Waals surface area (Å²) in [6.45, 7) is 4.82. The Morgan fingerprint density at radius 1 is 0.532 bits per heavy atom. The second-order valence-electron chi connectivity index (χ2n) is 22.3. The van der Waals surface area contributed by atoms with Crippen LogP contribution in [0.15, 0.2) is 93.5 Å². The van der Waals surface area contributed by atoms with Crippen molar-refractivity contribution in [2.45, 2.75) is 154 Å². The third kappa shape index (κ3) is 9.43. The molecule has 8 aliphatic carbocycles. The Bertz CT molecular complexity index is 2990. The number of benzene rings is 3. The van der Waals surface area contributed by atoms with Crippen molar-refractivity contribution in [3.63, 3.8) is 0 Å². The van der Waals surface area contributed by atoms with Gasteiger partial charge in [-0.2, -0.15) is 78.3 Å². The highest BCUT2D eigenvalue weighted by Gasteiger charge is 2.88. The van der Waals surface area contributed by atoms with Crippen LogP contribution in [0.2, 0.25) is 0 Å². The molecule has 3 aromatic carbocycles. The largest absolute Gasteiger partial charge is 0.478 e. The van der Waals surface area contributed by atoms with E-state index in [1.54, 1.807) is 61.5 Å². The second-order valence-corrected chi connectivity index (χ2v) is 28.2. The number of esters is 1. The third-order valence-electron chi connectivity index (χ3n) is 17.6. The summed E-state index contributed by atoms with van der Waals surface area (Å²) < 4.78 is 280. The average molecular weight is 1200 g/mol. The van der Waals surface area contributed by atoms with Gasteiger partial charge in [0.05, 0.1) is 6.92 Å². The predicted molar refractivity (Wildman–Crippen MR) is 254 cm³/mol. The van der Waals surface area contributed by atoms with E-state index in [0.717, 1.165) is 19.3 Å². The summed E-state index contributed by atoms with van der Waals surface area (Å²) >= 11 is 0. The molecule has 0 aromatic heterocycles. The van der Waals surface area contributed by atoms with Crippen LogP contribution < -0.4 is 9.47 Å². The molecule has 9 unspecified atom stereocenters. The summed E-state index contributed by atoms with van der Waals surface area (Å²) in [6.07, 6.45) is -12.7. The Morgan fingerprint density at radius 3 is 1.23 bits per heavy atom. The van der Waals surface area contributed by atoms with Gasteiger partial charge in [-0.15, -0.1) is 0 Å². The fourth-order valence-electron chi connectivity index (χ4n) is 14.3. The maximum atomic E-state index is 15.6. The highest BCUT2D eigenvalue weighted by molar-refractivity contribution is 7.98. The smallest absolute Gasteiger partial charge is 0.449 e. The zero-order valence-electron chi connectivity index (χ0n) is 42.5. The summed E-state index contributed by atoms with van der Waals surface area (Å²) in [5, 5.41) is -15.9. The van der Waals surface area contributed by atoms with Crippen LogP contribution in [0.5, 0.6) is 11.5 Å². The van der Waals surface area contributed by atoms with E-state index in [2.05, 4.69) is 6.92 Å². The van der Waals surface area contributed by atoms with Gasteiger partial charge in [-0.25, -0.2) is 0 Å². The van der Waals surface area contributed by atoms with Crippen LogP contribution in [-0.4, -0.2) is 79.4 Å². The maximum absolute atomic E-state index is 15.6. The van der Waals surface area contributed by atoms with Crippen LogP contribution in [0.4, 0.5) is 61.5 Å². The minimum Gasteiger partial charge on any atom is -0.449 e. The van der Waals surface area contributed by atoms with E-state index in [0.29, 0.717) is 59.6 Å². The van der Waals surface area contributed by atoms with Crippen LogP contribution in [0.25, 0.3) is 0 Å². The van der Waals surface area contributed by atoms with Gasteiger partial charge in [0.1, 0.15) is 10.9 Å². The first-order chi connectivity index (χ1) is 36.4. The van der Waals surface area contributed by atoms with E-state index in [1.165, 1.54) is 31.2 Å². The number of halogens is 14. The molecule has 0 radical (unpaired) electrons. The molecule has 0 saturated heterocycles. The van der Waals surface area contributed by atoms with Gasteiger partial charge in [-0.05, 0) is 148 Å². The fraction of sp³-hybridized carbons (Fsp3) is 0.615. The lowest BCUT2D eigenvalue weighted by molar-refractivity contribution is -0.352. The first-order valence-corrected chi connectivity index (χ1v) is 29.5. The number of sulfonamides is 2. The van der Waals surface area contributed by atoms with Gasteiger partial charge >= 0.3 is 66.6 Å². The van der Waals surface area contributed by atoms with E-state index >= 15 is 17.6 Å². The fourth-order valence-corrected chi connectivity index (χ4v) is 20.2. The van der Waals surface area contributed by atoms with Crippen LogP contribution in [0, 0.1) is 58.2 Å². The van der Waals surface area contributed by atoms with Crippen molar-refractivity contribution in [3.05, 3.63) is 78.9 Å². The molecule has 8 saturated carbocycles. The van der Waals surface area contributed by atoms with Crippen LogP contribution in [0.1, 0.15) is 91.9 Å². The molecule has 0 spiro atoms. The average Bonchev–Trinajstić information content (AvgIpc) is 2.97. The molecular formula is C52H55F14NO9S3+2. The van der Waals surface area contributed by atoms with Gasteiger partial charge in [0.2, 0.25) is 16.1 Å². The molecular weight excluding hydrogens is 1140 g/mol. The quantitative estimate of drug-likeness (QED) is 0.0247.